The Balaban J connectivity index is 1.76. The van der Waals surface area contributed by atoms with Crippen LogP contribution in [0.5, 0.6) is 0 Å². The number of hydrogen-bond donors (Lipinski definition) is 2. The summed E-state index contributed by atoms with van der Waals surface area (Å²) < 4.78 is 24.0. The van der Waals surface area contributed by atoms with Gasteiger partial charge in [-0.1, -0.05) is 18.2 Å². The van der Waals surface area contributed by atoms with Gasteiger partial charge in [0.05, 0.1) is 16.8 Å². The van der Waals surface area contributed by atoms with Gasteiger partial charge in [0.15, 0.2) is 9.84 Å². The topological polar surface area (TPSA) is 66.4 Å². The van der Waals surface area contributed by atoms with Crippen molar-refractivity contribution in [2.45, 2.75) is 36.3 Å². The molecule has 5 heteroatoms. The normalized spacial score (nSPS) is 26.7. The highest BCUT2D eigenvalue weighted by atomic mass is 32.2. The zero-order chi connectivity index (χ0) is 13.5. The van der Waals surface area contributed by atoms with Crippen LogP contribution < -0.4 is 5.32 Å². The number of rotatable bonds is 4. The third-order valence-corrected chi connectivity index (χ3v) is 5.86. The van der Waals surface area contributed by atoms with E-state index in [-0.39, 0.29) is 17.9 Å². The average Bonchev–Trinajstić information content (AvgIpc) is 3.22. The van der Waals surface area contributed by atoms with Crippen molar-refractivity contribution in [2.75, 3.05) is 12.3 Å². The molecule has 0 aromatic heterocycles. The molecule has 4 nitrogen and oxygen atoms in total. The summed E-state index contributed by atoms with van der Waals surface area (Å²) in [5, 5.41) is 13.2. The van der Waals surface area contributed by atoms with Crippen LogP contribution in [0.4, 0.5) is 0 Å². The quantitative estimate of drug-likeness (QED) is 0.872. The van der Waals surface area contributed by atoms with Gasteiger partial charge in [-0.05, 0) is 36.8 Å². The fraction of sp³-hybridized carbons (Fsp3) is 0.571. The van der Waals surface area contributed by atoms with Gasteiger partial charge in [0.1, 0.15) is 0 Å². The molecule has 19 heavy (non-hydrogen) atoms. The van der Waals surface area contributed by atoms with Gasteiger partial charge in [-0.2, -0.15) is 0 Å². The maximum atomic E-state index is 12.0. The van der Waals surface area contributed by atoms with E-state index in [2.05, 4.69) is 5.32 Å². The average molecular weight is 281 g/mol. The summed E-state index contributed by atoms with van der Waals surface area (Å²) in [4.78, 5) is 0.444. The molecular formula is C14H19NO3S. The Bertz CT molecular complexity index is 566. The number of aliphatic hydroxyl groups is 1. The van der Waals surface area contributed by atoms with Crippen molar-refractivity contribution in [3.8, 4) is 0 Å². The second-order valence-electron chi connectivity index (χ2n) is 5.51. The summed E-state index contributed by atoms with van der Waals surface area (Å²) in [5.41, 5.74) is 0.844. The summed E-state index contributed by atoms with van der Waals surface area (Å²) in [5.74, 6) is 0.622. The number of hydrogen-bond acceptors (Lipinski definition) is 4. The molecule has 0 saturated heterocycles. The second-order valence-corrected chi connectivity index (χ2v) is 7.59. The zero-order valence-electron chi connectivity index (χ0n) is 10.7. The van der Waals surface area contributed by atoms with Gasteiger partial charge in [0.2, 0.25) is 0 Å². The van der Waals surface area contributed by atoms with Crippen LogP contribution in [0.15, 0.2) is 29.2 Å². The van der Waals surface area contributed by atoms with Crippen LogP contribution in [0.3, 0.4) is 0 Å². The lowest BCUT2D eigenvalue weighted by atomic mass is 10.0. The van der Waals surface area contributed by atoms with E-state index in [1.807, 2.05) is 12.1 Å². The van der Waals surface area contributed by atoms with Gasteiger partial charge >= 0.3 is 0 Å². The highest BCUT2D eigenvalue weighted by molar-refractivity contribution is 7.91. The summed E-state index contributed by atoms with van der Waals surface area (Å²) >= 11 is 0. The minimum Gasteiger partial charge on any atom is -0.392 e. The molecule has 0 amide bonds. The fourth-order valence-electron chi connectivity index (χ4n) is 2.71. The van der Waals surface area contributed by atoms with Crippen molar-refractivity contribution in [1.82, 2.24) is 5.32 Å². The van der Waals surface area contributed by atoms with E-state index in [0.29, 0.717) is 23.8 Å². The van der Waals surface area contributed by atoms with Gasteiger partial charge in [-0.15, -0.1) is 0 Å². The third-order valence-electron chi connectivity index (χ3n) is 4.04. The monoisotopic (exact) mass is 281 g/mol. The predicted molar refractivity (Wildman–Crippen MR) is 72.6 cm³/mol. The molecular weight excluding hydrogens is 262 g/mol. The molecule has 1 heterocycles. The van der Waals surface area contributed by atoms with Gasteiger partial charge < -0.3 is 10.4 Å². The number of benzene rings is 1. The third kappa shape index (κ3) is 2.68. The van der Waals surface area contributed by atoms with Crippen molar-refractivity contribution in [3.63, 3.8) is 0 Å². The molecule has 2 unspecified atom stereocenters. The first-order valence-corrected chi connectivity index (χ1v) is 8.46. The van der Waals surface area contributed by atoms with E-state index in [1.165, 1.54) is 0 Å². The van der Waals surface area contributed by atoms with Gasteiger partial charge in [-0.3, -0.25) is 0 Å². The summed E-state index contributed by atoms with van der Waals surface area (Å²) in [7, 11) is -3.12. The molecule has 1 fully saturated rings. The van der Waals surface area contributed by atoms with Crippen LogP contribution >= 0.6 is 0 Å². The molecule has 2 atom stereocenters. The minimum absolute atomic E-state index is 0.0353. The lowest BCUT2D eigenvalue weighted by Gasteiger charge is -2.27. The number of fused-ring (bicyclic) bond motifs is 1. The van der Waals surface area contributed by atoms with E-state index in [1.54, 1.807) is 12.1 Å². The molecule has 0 radical (unpaired) electrons. The first-order valence-electron chi connectivity index (χ1n) is 6.81. The van der Waals surface area contributed by atoms with Crippen molar-refractivity contribution in [3.05, 3.63) is 29.8 Å². The highest BCUT2D eigenvalue weighted by Gasteiger charge is 2.32. The fourth-order valence-corrected chi connectivity index (χ4v) is 4.33. The van der Waals surface area contributed by atoms with Gasteiger partial charge in [-0.25, -0.2) is 8.42 Å². The Kier molecular flexibility index (Phi) is 3.37. The van der Waals surface area contributed by atoms with Crippen LogP contribution in [0.2, 0.25) is 0 Å². The molecule has 1 aromatic carbocycles. The first-order chi connectivity index (χ1) is 9.08. The summed E-state index contributed by atoms with van der Waals surface area (Å²) in [6.45, 7) is 0.545. The molecule has 1 aromatic rings. The minimum atomic E-state index is -3.12. The van der Waals surface area contributed by atoms with Crippen LogP contribution in [0.25, 0.3) is 0 Å². The standard InChI is InChI=1S/C14H19NO3S/c16-13(10-5-6-10)9-15-12-7-8-19(17,18)14-4-2-1-3-11(12)14/h1-4,10,12-13,15-16H,5-9H2. The highest BCUT2D eigenvalue weighted by Crippen LogP contribution is 2.34. The molecule has 1 aliphatic heterocycles. The lowest BCUT2D eigenvalue weighted by Crippen LogP contribution is -2.35. The maximum absolute atomic E-state index is 12.0. The Morgan fingerprint density at radius 1 is 1.26 bits per heavy atom. The number of aliphatic hydroxyl groups excluding tert-OH is 1. The van der Waals surface area contributed by atoms with Crippen molar-refractivity contribution >= 4 is 9.84 Å². The van der Waals surface area contributed by atoms with Gasteiger partial charge in [0.25, 0.3) is 0 Å². The Morgan fingerprint density at radius 3 is 2.74 bits per heavy atom. The Morgan fingerprint density at radius 2 is 2.00 bits per heavy atom. The molecule has 3 rings (SSSR count). The van der Waals surface area contributed by atoms with Crippen molar-refractivity contribution in [2.24, 2.45) is 5.92 Å². The molecule has 104 valence electrons. The van der Waals surface area contributed by atoms with Crippen LogP contribution in [0, 0.1) is 5.92 Å². The molecule has 2 aliphatic rings. The maximum Gasteiger partial charge on any atom is 0.178 e. The van der Waals surface area contributed by atoms with E-state index in [0.717, 1.165) is 18.4 Å². The van der Waals surface area contributed by atoms with E-state index >= 15 is 0 Å². The molecule has 1 aliphatic carbocycles. The van der Waals surface area contributed by atoms with Crippen molar-refractivity contribution < 1.29 is 13.5 Å². The molecule has 0 spiro atoms. The van der Waals surface area contributed by atoms with Crippen molar-refractivity contribution in [1.29, 1.82) is 0 Å². The lowest BCUT2D eigenvalue weighted by molar-refractivity contribution is 0.144. The second kappa shape index (κ2) is 4.89. The van der Waals surface area contributed by atoms with E-state index < -0.39 is 9.84 Å². The van der Waals surface area contributed by atoms with E-state index in [4.69, 9.17) is 0 Å². The van der Waals surface area contributed by atoms with Crippen LogP contribution in [-0.2, 0) is 9.84 Å². The summed E-state index contributed by atoms with van der Waals surface area (Å²) in [6.07, 6.45) is 2.50. The Labute approximate surface area is 113 Å². The van der Waals surface area contributed by atoms with Crippen LogP contribution in [0.1, 0.15) is 30.9 Å². The molecule has 0 bridgehead atoms. The molecule has 2 N–H and O–H groups in total. The molecule has 1 saturated carbocycles. The zero-order valence-corrected chi connectivity index (χ0v) is 11.6. The number of sulfone groups is 1. The largest absolute Gasteiger partial charge is 0.392 e. The SMILES string of the molecule is O=S1(=O)CCC(NCC(O)C2CC2)c2ccccc21. The number of nitrogens with one attached hydrogen (secondary N) is 1. The van der Waals surface area contributed by atoms with E-state index in [9.17, 15) is 13.5 Å². The predicted octanol–water partition coefficient (Wildman–Crippen LogP) is 1.27. The smallest absolute Gasteiger partial charge is 0.178 e. The van der Waals surface area contributed by atoms with Crippen LogP contribution in [-0.4, -0.2) is 31.9 Å². The summed E-state index contributed by atoms with van der Waals surface area (Å²) in [6, 6.07) is 7.21. The first kappa shape index (κ1) is 13.1. The Hall–Kier alpha value is -0.910. The van der Waals surface area contributed by atoms with Gasteiger partial charge in [0, 0.05) is 12.6 Å².